The largest absolute Gasteiger partial charge is 0.493 e. The fraction of sp³-hybridized carbons (Fsp3) is 0.364. The van der Waals surface area contributed by atoms with E-state index < -0.39 is 12.5 Å². The molecule has 0 N–H and O–H groups in total. The monoisotopic (exact) mass is 212 g/mol. The number of carbonyl (C=O) groups excluding carboxylic acids is 1. The van der Waals surface area contributed by atoms with Gasteiger partial charge in [0.1, 0.15) is 6.67 Å². The minimum absolute atomic E-state index is 0.0247. The SMILES string of the molecule is COc1cccc(CC(=O)CF)c1OC. The molecule has 0 aliphatic rings. The van der Waals surface area contributed by atoms with E-state index in [-0.39, 0.29) is 6.42 Å². The van der Waals surface area contributed by atoms with Crippen LogP contribution in [0.15, 0.2) is 18.2 Å². The Hall–Kier alpha value is -1.58. The van der Waals surface area contributed by atoms with Crippen molar-refractivity contribution in [2.45, 2.75) is 6.42 Å². The minimum Gasteiger partial charge on any atom is -0.493 e. The zero-order chi connectivity index (χ0) is 11.3. The van der Waals surface area contributed by atoms with Gasteiger partial charge in [0.2, 0.25) is 0 Å². The molecule has 0 atom stereocenters. The fourth-order valence-electron chi connectivity index (χ4n) is 1.35. The summed E-state index contributed by atoms with van der Waals surface area (Å²) in [6, 6.07) is 5.18. The van der Waals surface area contributed by atoms with E-state index in [0.29, 0.717) is 17.1 Å². The Balaban J connectivity index is 3.00. The molecule has 0 aliphatic heterocycles. The number of alkyl halides is 1. The van der Waals surface area contributed by atoms with Crippen molar-refractivity contribution in [3.8, 4) is 11.5 Å². The predicted octanol–water partition coefficient (Wildman–Crippen LogP) is 1.78. The molecule has 0 saturated carbocycles. The Labute approximate surface area is 87.8 Å². The van der Waals surface area contributed by atoms with E-state index >= 15 is 0 Å². The molecule has 15 heavy (non-hydrogen) atoms. The highest BCUT2D eigenvalue weighted by molar-refractivity contribution is 5.82. The Kier molecular flexibility index (Phi) is 4.09. The van der Waals surface area contributed by atoms with Crippen molar-refractivity contribution < 1.29 is 18.7 Å². The van der Waals surface area contributed by atoms with Gasteiger partial charge >= 0.3 is 0 Å². The highest BCUT2D eigenvalue weighted by Gasteiger charge is 2.12. The van der Waals surface area contributed by atoms with Gasteiger partial charge in [-0.1, -0.05) is 12.1 Å². The van der Waals surface area contributed by atoms with Crippen molar-refractivity contribution in [1.29, 1.82) is 0 Å². The quantitative estimate of drug-likeness (QED) is 0.746. The van der Waals surface area contributed by atoms with Crippen molar-refractivity contribution in [3.05, 3.63) is 23.8 Å². The summed E-state index contributed by atoms with van der Waals surface area (Å²) in [5.41, 5.74) is 0.638. The second-order valence-corrected chi connectivity index (χ2v) is 3.00. The Morgan fingerprint density at radius 2 is 2.07 bits per heavy atom. The molecule has 0 aromatic heterocycles. The first-order chi connectivity index (χ1) is 7.22. The number of halogens is 1. The van der Waals surface area contributed by atoms with Crippen LogP contribution in [-0.4, -0.2) is 26.7 Å². The molecular formula is C11H13FO3. The molecule has 1 aromatic rings. The van der Waals surface area contributed by atoms with Gasteiger partial charge in [-0.25, -0.2) is 4.39 Å². The van der Waals surface area contributed by atoms with Gasteiger partial charge < -0.3 is 9.47 Å². The number of rotatable bonds is 5. The summed E-state index contributed by atoms with van der Waals surface area (Å²) in [5.74, 6) is 0.560. The number of Topliss-reactive ketones (excluding diaryl/α,β-unsaturated/α-hetero) is 1. The van der Waals surface area contributed by atoms with Crippen LogP contribution >= 0.6 is 0 Å². The molecule has 3 nitrogen and oxygen atoms in total. The van der Waals surface area contributed by atoms with Crippen LogP contribution < -0.4 is 9.47 Å². The molecule has 0 radical (unpaired) electrons. The summed E-state index contributed by atoms with van der Waals surface area (Å²) in [6.07, 6.45) is 0.0247. The molecular weight excluding hydrogens is 199 g/mol. The lowest BCUT2D eigenvalue weighted by molar-refractivity contribution is -0.119. The van der Waals surface area contributed by atoms with Crippen molar-refractivity contribution in [2.24, 2.45) is 0 Å². The summed E-state index contributed by atoms with van der Waals surface area (Å²) in [4.78, 5) is 11.0. The van der Waals surface area contributed by atoms with Crippen LogP contribution in [0.2, 0.25) is 0 Å². The third kappa shape index (κ3) is 2.68. The minimum atomic E-state index is -0.958. The first-order valence-electron chi connectivity index (χ1n) is 4.50. The van der Waals surface area contributed by atoms with Crippen LogP contribution in [0, 0.1) is 0 Å². The average Bonchev–Trinajstić information content (AvgIpc) is 2.28. The smallest absolute Gasteiger partial charge is 0.168 e. The summed E-state index contributed by atoms with van der Waals surface area (Å²) < 4.78 is 22.2. The topological polar surface area (TPSA) is 35.5 Å². The van der Waals surface area contributed by atoms with Gasteiger partial charge in [0.25, 0.3) is 0 Å². The Morgan fingerprint density at radius 1 is 1.33 bits per heavy atom. The van der Waals surface area contributed by atoms with Crippen LogP contribution in [0.25, 0.3) is 0 Å². The van der Waals surface area contributed by atoms with E-state index in [1.165, 1.54) is 14.2 Å². The third-order valence-electron chi connectivity index (χ3n) is 2.02. The van der Waals surface area contributed by atoms with E-state index in [1.807, 2.05) is 0 Å². The molecule has 1 rings (SSSR count). The molecule has 4 heteroatoms. The normalized spacial score (nSPS) is 9.80. The lowest BCUT2D eigenvalue weighted by atomic mass is 10.1. The number of methoxy groups -OCH3 is 2. The maximum absolute atomic E-state index is 12.1. The summed E-state index contributed by atoms with van der Waals surface area (Å²) >= 11 is 0. The van der Waals surface area contributed by atoms with Crippen LogP contribution in [0.4, 0.5) is 4.39 Å². The molecule has 0 saturated heterocycles. The maximum atomic E-state index is 12.1. The number of hydrogen-bond donors (Lipinski definition) is 0. The van der Waals surface area contributed by atoms with E-state index in [9.17, 15) is 9.18 Å². The van der Waals surface area contributed by atoms with Gasteiger partial charge in [-0.3, -0.25) is 4.79 Å². The van der Waals surface area contributed by atoms with Crippen molar-refractivity contribution >= 4 is 5.78 Å². The van der Waals surface area contributed by atoms with Gasteiger partial charge in [-0.05, 0) is 6.07 Å². The third-order valence-corrected chi connectivity index (χ3v) is 2.02. The van der Waals surface area contributed by atoms with Gasteiger partial charge in [-0.15, -0.1) is 0 Å². The first-order valence-corrected chi connectivity index (χ1v) is 4.50. The summed E-state index contributed by atoms with van der Waals surface area (Å²) in [7, 11) is 3.00. The molecule has 0 unspecified atom stereocenters. The van der Waals surface area contributed by atoms with Crippen molar-refractivity contribution in [3.63, 3.8) is 0 Å². The number of benzene rings is 1. The highest BCUT2D eigenvalue weighted by Crippen LogP contribution is 2.30. The molecule has 0 fully saturated rings. The Bertz CT molecular complexity index is 350. The molecule has 82 valence electrons. The number of para-hydroxylation sites is 1. The summed E-state index contributed by atoms with van der Waals surface area (Å²) in [5, 5.41) is 0. The lowest BCUT2D eigenvalue weighted by Crippen LogP contribution is -2.06. The maximum Gasteiger partial charge on any atom is 0.168 e. The lowest BCUT2D eigenvalue weighted by Gasteiger charge is -2.11. The molecule has 0 aliphatic carbocycles. The van der Waals surface area contributed by atoms with E-state index in [2.05, 4.69) is 0 Å². The van der Waals surface area contributed by atoms with Crippen LogP contribution in [-0.2, 0) is 11.2 Å². The molecule has 0 heterocycles. The van der Waals surface area contributed by atoms with E-state index in [4.69, 9.17) is 9.47 Å². The second-order valence-electron chi connectivity index (χ2n) is 3.00. The first kappa shape index (κ1) is 11.5. The van der Waals surface area contributed by atoms with Gasteiger partial charge in [0.05, 0.1) is 14.2 Å². The van der Waals surface area contributed by atoms with Crippen molar-refractivity contribution in [1.82, 2.24) is 0 Å². The zero-order valence-electron chi connectivity index (χ0n) is 8.75. The van der Waals surface area contributed by atoms with E-state index in [0.717, 1.165) is 0 Å². The zero-order valence-corrected chi connectivity index (χ0v) is 8.75. The molecule has 0 amide bonds. The van der Waals surface area contributed by atoms with Crippen LogP contribution in [0.5, 0.6) is 11.5 Å². The van der Waals surface area contributed by atoms with Gasteiger partial charge in [0, 0.05) is 12.0 Å². The standard InChI is InChI=1S/C11H13FO3/c1-14-10-5-3-4-8(11(10)15-2)6-9(13)7-12/h3-5H,6-7H2,1-2H3. The number of hydrogen-bond acceptors (Lipinski definition) is 3. The van der Waals surface area contributed by atoms with Gasteiger partial charge in [-0.2, -0.15) is 0 Å². The predicted molar refractivity (Wildman–Crippen MR) is 54.2 cm³/mol. The summed E-state index contributed by atoms with van der Waals surface area (Å²) in [6.45, 7) is -0.958. The van der Waals surface area contributed by atoms with Crippen LogP contribution in [0.3, 0.4) is 0 Å². The fourth-order valence-corrected chi connectivity index (χ4v) is 1.35. The Morgan fingerprint density at radius 3 is 2.60 bits per heavy atom. The number of ether oxygens (including phenoxy) is 2. The van der Waals surface area contributed by atoms with E-state index in [1.54, 1.807) is 18.2 Å². The van der Waals surface area contributed by atoms with Crippen LogP contribution in [0.1, 0.15) is 5.56 Å². The average molecular weight is 212 g/mol. The second kappa shape index (κ2) is 5.34. The van der Waals surface area contributed by atoms with Gasteiger partial charge in [0.15, 0.2) is 17.3 Å². The van der Waals surface area contributed by atoms with Crippen molar-refractivity contribution in [2.75, 3.05) is 20.9 Å². The molecule has 0 spiro atoms. The molecule has 1 aromatic carbocycles. The highest BCUT2D eigenvalue weighted by atomic mass is 19.1. The number of ketones is 1. The number of carbonyl (C=O) groups is 1. The molecule has 0 bridgehead atoms.